The predicted octanol–water partition coefficient (Wildman–Crippen LogP) is 4.29. The topological polar surface area (TPSA) is 94.8 Å². The van der Waals surface area contributed by atoms with Crippen LogP contribution in [0.3, 0.4) is 0 Å². The van der Waals surface area contributed by atoms with Gasteiger partial charge < -0.3 is 10.1 Å². The van der Waals surface area contributed by atoms with E-state index in [0.717, 1.165) is 34.1 Å². The van der Waals surface area contributed by atoms with Crippen molar-refractivity contribution >= 4 is 44.4 Å². The number of para-hydroxylation sites is 1. The number of hydrogen-bond acceptors (Lipinski definition) is 8. The van der Waals surface area contributed by atoms with E-state index in [1.165, 1.54) is 28.2 Å². The molecule has 1 atom stereocenters. The Morgan fingerprint density at radius 2 is 1.94 bits per heavy atom. The molecule has 0 aliphatic rings. The lowest BCUT2D eigenvalue weighted by Gasteiger charge is -2.11. The SMILES string of the molecule is C[C@H](Sc1nnnn1-c1ccc(OC(F)(F)F)cc1)C(=O)Nc1nc2ccccc2s1. The number of rotatable bonds is 6. The lowest BCUT2D eigenvalue weighted by molar-refractivity contribution is -0.274. The number of anilines is 1. The molecule has 4 rings (SSSR count). The molecule has 0 fully saturated rings. The smallest absolute Gasteiger partial charge is 0.406 e. The number of nitrogens with one attached hydrogen (secondary N) is 1. The Hall–Kier alpha value is -3.19. The molecular weight excluding hydrogens is 453 g/mol. The number of ether oxygens (including phenoxy) is 1. The van der Waals surface area contributed by atoms with Crippen LogP contribution in [0.4, 0.5) is 18.3 Å². The van der Waals surface area contributed by atoms with E-state index < -0.39 is 11.6 Å². The lowest BCUT2D eigenvalue weighted by Crippen LogP contribution is -2.22. The largest absolute Gasteiger partial charge is 0.573 e. The maximum atomic E-state index is 12.6. The fraction of sp³-hybridized carbons (Fsp3) is 0.167. The van der Waals surface area contributed by atoms with Crippen LogP contribution in [0.5, 0.6) is 5.75 Å². The van der Waals surface area contributed by atoms with Gasteiger partial charge in [-0.05, 0) is 53.7 Å². The van der Waals surface area contributed by atoms with Gasteiger partial charge in [-0.15, -0.1) is 18.3 Å². The molecule has 0 bridgehead atoms. The molecule has 0 aliphatic heterocycles. The average molecular weight is 466 g/mol. The fourth-order valence-electron chi connectivity index (χ4n) is 2.55. The number of aromatic nitrogens is 5. The maximum absolute atomic E-state index is 12.6. The van der Waals surface area contributed by atoms with E-state index in [1.807, 2.05) is 24.3 Å². The summed E-state index contributed by atoms with van der Waals surface area (Å²) in [7, 11) is 0. The van der Waals surface area contributed by atoms with Gasteiger partial charge in [0.25, 0.3) is 0 Å². The molecule has 8 nitrogen and oxygen atoms in total. The molecule has 1 amide bonds. The molecule has 0 saturated heterocycles. The van der Waals surface area contributed by atoms with Crippen molar-refractivity contribution in [1.29, 1.82) is 0 Å². The molecule has 0 radical (unpaired) electrons. The highest BCUT2D eigenvalue weighted by atomic mass is 32.2. The summed E-state index contributed by atoms with van der Waals surface area (Å²) in [5.74, 6) is -0.644. The van der Waals surface area contributed by atoms with Gasteiger partial charge in [-0.25, -0.2) is 4.98 Å². The van der Waals surface area contributed by atoms with Gasteiger partial charge in [-0.1, -0.05) is 35.2 Å². The Bertz CT molecular complexity index is 1180. The molecule has 2 aromatic heterocycles. The standard InChI is InChI=1S/C18H13F3N6O2S2/c1-10(15(28)23-16-22-13-4-2-3-5-14(13)31-16)30-17-24-25-26-27(17)11-6-8-12(9-7-11)29-18(19,20)21/h2-10H,1H3,(H,22,23,28)/t10-/m0/s1. The van der Waals surface area contributed by atoms with Crippen molar-refractivity contribution < 1.29 is 22.7 Å². The Morgan fingerprint density at radius 3 is 2.65 bits per heavy atom. The third-order valence-electron chi connectivity index (χ3n) is 3.93. The summed E-state index contributed by atoms with van der Waals surface area (Å²) in [5.41, 5.74) is 1.21. The van der Waals surface area contributed by atoms with Gasteiger partial charge in [-0.3, -0.25) is 4.79 Å². The normalized spacial score (nSPS) is 12.6. The second kappa shape index (κ2) is 8.51. The van der Waals surface area contributed by atoms with E-state index in [0.29, 0.717) is 16.0 Å². The second-order valence-electron chi connectivity index (χ2n) is 6.15. The average Bonchev–Trinajstić information content (AvgIpc) is 3.33. The number of alkyl halides is 3. The highest BCUT2D eigenvalue weighted by Gasteiger charge is 2.31. The van der Waals surface area contributed by atoms with Crippen LogP contribution in [0.1, 0.15) is 6.92 Å². The van der Waals surface area contributed by atoms with Gasteiger partial charge in [0.2, 0.25) is 11.1 Å². The second-order valence-corrected chi connectivity index (χ2v) is 8.49. The number of nitrogens with zero attached hydrogens (tertiary/aromatic N) is 5. The van der Waals surface area contributed by atoms with Crippen LogP contribution < -0.4 is 10.1 Å². The maximum Gasteiger partial charge on any atom is 0.573 e. The summed E-state index contributed by atoms with van der Waals surface area (Å²) in [6.07, 6.45) is -4.77. The fourth-order valence-corrected chi connectivity index (χ4v) is 4.22. The Morgan fingerprint density at radius 1 is 1.19 bits per heavy atom. The van der Waals surface area contributed by atoms with Gasteiger partial charge in [0, 0.05) is 0 Å². The summed E-state index contributed by atoms with van der Waals surface area (Å²) >= 11 is 2.47. The number of amides is 1. The minimum absolute atomic E-state index is 0.285. The van der Waals surface area contributed by atoms with Crippen molar-refractivity contribution in [2.24, 2.45) is 0 Å². The first-order chi connectivity index (χ1) is 14.8. The van der Waals surface area contributed by atoms with E-state index >= 15 is 0 Å². The highest BCUT2D eigenvalue weighted by molar-refractivity contribution is 8.00. The number of hydrogen-bond donors (Lipinski definition) is 1. The molecule has 0 spiro atoms. The van der Waals surface area contributed by atoms with Crippen molar-refractivity contribution in [3.63, 3.8) is 0 Å². The zero-order chi connectivity index (χ0) is 22.0. The summed E-state index contributed by atoms with van der Waals surface area (Å²) < 4.78 is 43.1. The number of carbonyl (C=O) groups excluding carboxylic acids is 1. The monoisotopic (exact) mass is 466 g/mol. The number of benzene rings is 2. The first kappa shape index (κ1) is 21.1. The molecule has 1 N–H and O–H groups in total. The van der Waals surface area contributed by atoms with Crippen molar-refractivity contribution in [1.82, 2.24) is 25.2 Å². The third-order valence-corrected chi connectivity index (χ3v) is 5.92. The van der Waals surface area contributed by atoms with E-state index in [1.54, 1.807) is 6.92 Å². The van der Waals surface area contributed by atoms with E-state index in [2.05, 4.69) is 30.6 Å². The highest BCUT2D eigenvalue weighted by Crippen LogP contribution is 2.29. The molecule has 13 heteroatoms. The molecule has 2 heterocycles. The minimum atomic E-state index is -4.77. The van der Waals surface area contributed by atoms with Crippen molar-refractivity contribution in [2.75, 3.05) is 5.32 Å². The minimum Gasteiger partial charge on any atom is -0.406 e. The first-order valence-corrected chi connectivity index (χ1v) is 10.5. The van der Waals surface area contributed by atoms with Crippen LogP contribution in [0.2, 0.25) is 0 Å². The van der Waals surface area contributed by atoms with Crippen molar-refractivity contribution in [2.45, 2.75) is 23.7 Å². The van der Waals surface area contributed by atoms with Gasteiger partial charge in [0.05, 0.1) is 21.2 Å². The summed E-state index contributed by atoms with van der Waals surface area (Å²) in [5, 5.41) is 14.3. The van der Waals surface area contributed by atoms with Crippen LogP contribution in [0, 0.1) is 0 Å². The first-order valence-electron chi connectivity index (χ1n) is 8.76. The molecular formula is C18H13F3N6O2S2. The van der Waals surface area contributed by atoms with Crippen LogP contribution in [-0.2, 0) is 4.79 Å². The molecule has 0 unspecified atom stereocenters. The van der Waals surface area contributed by atoms with Gasteiger partial charge in [0.1, 0.15) is 5.75 Å². The van der Waals surface area contributed by atoms with Crippen LogP contribution in [-0.4, -0.2) is 42.7 Å². The quantitative estimate of drug-likeness (QED) is 0.424. The molecule has 4 aromatic rings. The Kier molecular flexibility index (Phi) is 5.78. The zero-order valence-electron chi connectivity index (χ0n) is 15.7. The zero-order valence-corrected chi connectivity index (χ0v) is 17.3. The molecule has 160 valence electrons. The number of halogens is 3. The van der Waals surface area contributed by atoms with Gasteiger partial charge in [-0.2, -0.15) is 4.68 Å². The van der Waals surface area contributed by atoms with Crippen molar-refractivity contribution in [3.8, 4) is 11.4 Å². The predicted molar refractivity (Wildman–Crippen MR) is 109 cm³/mol. The number of carbonyl (C=O) groups is 1. The molecule has 31 heavy (non-hydrogen) atoms. The Labute approximate surface area is 181 Å². The molecule has 0 saturated carbocycles. The number of thioether (sulfide) groups is 1. The molecule has 0 aliphatic carbocycles. The Balaban J connectivity index is 1.44. The van der Waals surface area contributed by atoms with Gasteiger partial charge >= 0.3 is 6.36 Å². The lowest BCUT2D eigenvalue weighted by atomic mass is 10.3. The van der Waals surface area contributed by atoms with Crippen LogP contribution >= 0.6 is 23.1 Å². The third kappa shape index (κ3) is 5.11. The van der Waals surface area contributed by atoms with E-state index in [9.17, 15) is 18.0 Å². The summed E-state index contributed by atoms with van der Waals surface area (Å²) in [4.78, 5) is 16.9. The number of thiazole rings is 1. The number of tetrazole rings is 1. The van der Waals surface area contributed by atoms with Crippen LogP contribution in [0.15, 0.2) is 53.7 Å². The van der Waals surface area contributed by atoms with Gasteiger partial charge in [0.15, 0.2) is 5.13 Å². The molecule has 2 aromatic carbocycles. The summed E-state index contributed by atoms with van der Waals surface area (Å²) in [6, 6.07) is 12.6. The van der Waals surface area contributed by atoms with E-state index in [4.69, 9.17) is 0 Å². The number of fused-ring (bicyclic) bond motifs is 1. The van der Waals surface area contributed by atoms with Crippen molar-refractivity contribution in [3.05, 3.63) is 48.5 Å². The van der Waals surface area contributed by atoms with Crippen LogP contribution in [0.25, 0.3) is 15.9 Å². The van der Waals surface area contributed by atoms with E-state index in [-0.39, 0.29) is 11.7 Å². The summed E-state index contributed by atoms with van der Waals surface area (Å²) in [6.45, 7) is 1.69.